The second-order valence-corrected chi connectivity index (χ2v) is 10.8. The van der Waals surface area contributed by atoms with Crippen molar-refractivity contribution in [3.05, 3.63) is 111 Å². The fourth-order valence-electron chi connectivity index (χ4n) is 4.14. The average Bonchev–Trinajstić information content (AvgIpc) is 2.94. The molecular formula is C36H42O6. The zero-order valence-corrected chi connectivity index (χ0v) is 25.6. The quantitative estimate of drug-likeness (QED) is 0.109. The molecule has 0 amide bonds. The van der Waals surface area contributed by atoms with Crippen LogP contribution in [0.15, 0.2) is 104 Å². The predicted molar refractivity (Wildman–Crippen MR) is 170 cm³/mol. The number of para-hydroxylation sites is 1. The fourth-order valence-corrected chi connectivity index (χ4v) is 4.14. The van der Waals surface area contributed by atoms with Gasteiger partial charge in [-0.25, -0.2) is 9.59 Å². The summed E-state index contributed by atoms with van der Waals surface area (Å²) in [5, 5.41) is 0.403. The number of rotatable bonds is 14. The monoisotopic (exact) mass is 570 g/mol. The van der Waals surface area contributed by atoms with Gasteiger partial charge in [0.1, 0.15) is 13.2 Å². The van der Waals surface area contributed by atoms with Crippen molar-refractivity contribution < 1.29 is 23.4 Å². The number of fused-ring (bicyclic) bond motifs is 1. The highest BCUT2D eigenvalue weighted by atomic mass is 16.6. The first-order valence-electron chi connectivity index (χ1n) is 14.4. The van der Waals surface area contributed by atoms with Crippen molar-refractivity contribution in [2.45, 2.75) is 67.2 Å². The van der Waals surface area contributed by atoms with Crippen molar-refractivity contribution >= 4 is 16.9 Å². The lowest BCUT2D eigenvalue weighted by Crippen LogP contribution is -2.15. The molecule has 0 fully saturated rings. The van der Waals surface area contributed by atoms with E-state index in [4.69, 9.17) is 18.6 Å². The summed E-state index contributed by atoms with van der Waals surface area (Å²) in [5.41, 5.74) is 4.68. The molecule has 0 atom stereocenters. The molecule has 2 aromatic carbocycles. The van der Waals surface area contributed by atoms with Crippen LogP contribution in [0.25, 0.3) is 11.0 Å². The minimum Gasteiger partial charge on any atom is -0.486 e. The maximum absolute atomic E-state index is 13.2. The Morgan fingerprint density at radius 3 is 1.90 bits per heavy atom. The van der Waals surface area contributed by atoms with Crippen LogP contribution in [0.3, 0.4) is 0 Å². The van der Waals surface area contributed by atoms with Gasteiger partial charge in [0.2, 0.25) is 5.75 Å². The highest BCUT2D eigenvalue weighted by Gasteiger charge is 2.23. The van der Waals surface area contributed by atoms with E-state index < -0.39 is 11.6 Å². The number of carbonyl (C=O) groups excluding carboxylic acids is 1. The lowest BCUT2D eigenvalue weighted by atomic mass is 10.1. The average molecular weight is 571 g/mol. The van der Waals surface area contributed by atoms with Crippen LogP contribution in [0, 0.1) is 0 Å². The van der Waals surface area contributed by atoms with E-state index in [9.17, 15) is 9.59 Å². The number of esters is 1. The fraction of sp³-hybridized carbons (Fsp3) is 0.333. The Morgan fingerprint density at radius 1 is 0.714 bits per heavy atom. The zero-order valence-electron chi connectivity index (χ0n) is 25.6. The molecule has 0 aliphatic heterocycles. The van der Waals surface area contributed by atoms with Crippen LogP contribution in [0.5, 0.6) is 17.2 Å². The standard InChI is InChI=1S/C36H42O6/c1-25(2)13-10-15-27(5)21-23-39-31-20-12-19-30-32(31)41-36(38)34(40-24-22-28(6)16-11-14-26(3)4)33(30)42-35(37)29-17-8-7-9-18-29/h7-9,12-14,17-22H,10-11,15-16,23-24H2,1-6H3/b27-21+,28-22+. The molecule has 222 valence electrons. The minimum absolute atomic E-state index is 0.00425. The largest absolute Gasteiger partial charge is 0.486 e. The molecule has 0 spiro atoms. The third-order valence-corrected chi connectivity index (χ3v) is 6.53. The zero-order chi connectivity index (χ0) is 30.5. The van der Waals surface area contributed by atoms with Crippen LogP contribution >= 0.6 is 0 Å². The van der Waals surface area contributed by atoms with E-state index in [-0.39, 0.29) is 23.7 Å². The summed E-state index contributed by atoms with van der Waals surface area (Å²) < 4.78 is 23.4. The Kier molecular flexibility index (Phi) is 12.4. The molecule has 42 heavy (non-hydrogen) atoms. The lowest BCUT2D eigenvalue weighted by Gasteiger charge is -2.14. The van der Waals surface area contributed by atoms with Gasteiger partial charge in [-0.1, -0.05) is 58.7 Å². The van der Waals surface area contributed by atoms with E-state index in [2.05, 4.69) is 46.8 Å². The van der Waals surface area contributed by atoms with Crippen LogP contribution in [0.2, 0.25) is 0 Å². The van der Waals surface area contributed by atoms with Gasteiger partial charge in [-0.15, -0.1) is 0 Å². The maximum Gasteiger partial charge on any atom is 0.383 e. The second-order valence-electron chi connectivity index (χ2n) is 10.8. The van der Waals surface area contributed by atoms with Gasteiger partial charge in [-0.2, -0.15) is 0 Å². The Hall–Kier alpha value is -4.32. The summed E-state index contributed by atoms with van der Waals surface area (Å²) in [5.74, 6) is -0.393. The van der Waals surface area contributed by atoms with Gasteiger partial charge in [0, 0.05) is 0 Å². The van der Waals surface area contributed by atoms with Gasteiger partial charge in [0.25, 0.3) is 0 Å². The van der Waals surface area contributed by atoms with Gasteiger partial charge >= 0.3 is 11.6 Å². The molecule has 6 heteroatoms. The molecule has 0 aliphatic carbocycles. The van der Waals surface area contributed by atoms with Crippen molar-refractivity contribution in [3.8, 4) is 17.2 Å². The van der Waals surface area contributed by atoms with E-state index in [1.165, 1.54) is 16.7 Å². The van der Waals surface area contributed by atoms with E-state index in [0.717, 1.165) is 31.3 Å². The van der Waals surface area contributed by atoms with Crippen LogP contribution in [0.1, 0.15) is 77.6 Å². The highest BCUT2D eigenvalue weighted by molar-refractivity contribution is 5.96. The number of ether oxygens (including phenoxy) is 3. The Morgan fingerprint density at radius 2 is 1.31 bits per heavy atom. The normalized spacial score (nSPS) is 11.7. The molecule has 0 N–H and O–H groups in total. The molecule has 0 saturated carbocycles. The Bertz CT molecular complexity index is 1530. The Balaban J connectivity index is 1.91. The van der Waals surface area contributed by atoms with Crippen molar-refractivity contribution in [1.29, 1.82) is 0 Å². The van der Waals surface area contributed by atoms with Gasteiger partial charge in [0.15, 0.2) is 17.1 Å². The van der Waals surface area contributed by atoms with E-state index in [1.54, 1.807) is 42.5 Å². The number of benzene rings is 2. The summed E-state index contributed by atoms with van der Waals surface area (Å²) in [7, 11) is 0. The van der Waals surface area contributed by atoms with Crippen molar-refractivity contribution in [1.82, 2.24) is 0 Å². The highest BCUT2D eigenvalue weighted by Crippen LogP contribution is 2.37. The van der Waals surface area contributed by atoms with Crippen LogP contribution in [0.4, 0.5) is 0 Å². The molecule has 1 aromatic heterocycles. The van der Waals surface area contributed by atoms with Crippen LogP contribution < -0.4 is 19.8 Å². The van der Waals surface area contributed by atoms with E-state index >= 15 is 0 Å². The molecule has 3 aromatic rings. The maximum atomic E-state index is 13.2. The number of allylic oxidation sites excluding steroid dienone is 6. The lowest BCUT2D eigenvalue weighted by molar-refractivity contribution is 0.0730. The van der Waals surface area contributed by atoms with Gasteiger partial charge in [-0.05, 0) is 104 Å². The molecule has 1 heterocycles. The number of hydrogen-bond acceptors (Lipinski definition) is 6. The molecule has 0 saturated heterocycles. The smallest absolute Gasteiger partial charge is 0.383 e. The molecule has 0 bridgehead atoms. The van der Waals surface area contributed by atoms with Crippen LogP contribution in [-0.4, -0.2) is 19.2 Å². The topological polar surface area (TPSA) is 75.0 Å². The molecule has 0 unspecified atom stereocenters. The van der Waals surface area contributed by atoms with Crippen molar-refractivity contribution in [3.63, 3.8) is 0 Å². The second kappa shape index (κ2) is 16.2. The van der Waals surface area contributed by atoms with Gasteiger partial charge in [0.05, 0.1) is 10.9 Å². The summed E-state index contributed by atoms with van der Waals surface area (Å²) in [6.07, 6.45) is 12.0. The van der Waals surface area contributed by atoms with Gasteiger partial charge < -0.3 is 18.6 Å². The first-order chi connectivity index (χ1) is 20.2. The predicted octanol–water partition coefficient (Wildman–Crippen LogP) is 9.16. The summed E-state index contributed by atoms with van der Waals surface area (Å²) in [6.45, 7) is 12.8. The SMILES string of the molecule is CC(C)=CCC/C(C)=C/COc1c(OC(=O)c2ccccc2)c2cccc(OC/C=C(\C)CCC=C(C)C)c2oc1=O. The Labute approximate surface area is 249 Å². The van der Waals surface area contributed by atoms with Crippen molar-refractivity contribution in [2.24, 2.45) is 0 Å². The minimum atomic E-state index is -0.751. The summed E-state index contributed by atoms with van der Waals surface area (Å²) >= 11 is 0. The molecule has 3 rings (SSSR count). The first kappa shape index (κ1) is 32.2. The van der Waals surface area contributed by atoms with E-state index in [1.807, 2.05) is 25.1 Å². The summed E-state index contributed by atoms with van der Waals surface area (Å²) in [4.78, 5) is 26.3. The number of hydrogen-bond donors (Lipinski definition) is 0. The first-order valence-corrected chi connectivity index (χ1v) is 14.4. The van der Waals surface area contributed by atoms with Crippen LogP contribution in [-0.2, 0) is 0 Å². The number of carbonyl (C=O) groups is 1. The molecule has 0 aliphatic rings. The molecule has 0 radical (unpaired) electrons. The molecular weight excluding hydrogens is 528 g/mol. The summed E-state index contributed by atoms with van der Waals surface area (Å²) in [6, 6.07) is 13.8. The van der Waals surface area contributed by atoms with E-state index in [0.29, 0.717) is 23.3 Å². The third-order valence-electron chi connectivity index (χ3n) is 6.53. The third kappa shape index (κ3) is 9.95. The van der Waals surface area contributed by atoms with Crippen molar-refractivity contribution in [2.75, 3.05) is 13.2 Å². The molecule has 6 nitrogen and oxygen atoms in total. The van der Waals surface area contributed by atoms with Gasteiger partial charge in [-0.3, -0.25) is 0 Å².